The number of pyridine rings is 2. The van der Waals surface area contributed by atoms with Crippen LogP contribution in [0.2, 0.25) is 5.02 Å². The Balaban J connectivity index is 1.65. The van der Waals surface area contributed by atoms with Gasteiger partial charge in [-0.25, -0.2) is 0 Å². The highest BCUT2D eigenvalue weighted by Gasteiger charge is 2.50. The van der Waals surface area contributed by atoms with E-state index in [1.807, 2.05) is 18.2 Å². The number of benzene rings is 1. The second-order valence-electron chi connectivity index (χ2n) is 8.07. The molecule has 0 unspecified atom stereocenters. The molecule has 0 spiro atoms. The van der Waals surface area contributed by atoms with Crippen LogP contribution in [0, 0.1) is 0 Å². The van der Waals surface area contributed by atoms with Gasteiger partial charge in [0.1, 0.15) is 5.82 Å². The molecule has 0 aliphatic heterocycles. The minimum Gasteiger partial charge on any atom is -0.285 e. The zero-order valence-electron chi connectivity index (χ0n) is 16.0. The number of hydrogen-bond acceptors (Lipinski definition) is 2. The standard InChI is InChI=1S/C23H22ClN4/c1-22(2,27-14-4-3-5-15-27)19-7-6-16-28-20(19)25-26-21(28)23(12-13-23)17-8-10-18(24)11-9-17/h3-11,14-16H,12-13H2,1-2H3/q+1. The third-order valence-electron chi connectivity index (χ3n) is 6.03. The molecule has 0 N–H and O–H groups in total. The van der Waals surface area contributed by atoms with Crippen LogP contribution in [0.4, 0.5) is 0 Å². The monoisotopic (exact) mass is 389 g/mol. The van der Waals surface area contributed by atoms with E-state index in [1.165, 1.54) is 5.56 Å². The summed E-state index contributed by atoms with van der Waals surface area (Å²) < 4.78 is 4.38. The van der Waals surface area contributed by atoms with Crippen LogP contribution >= 0.6 is 11.6 Å². The number of rotatable bonds is 4. The van der Waals surface area contributed by atoms with Gasteiger partial charge in [-0.3, -0.25) is 4.40 Å². The third-order valence-corrected chi connectivity index (χ3v) is 6.28. The number of aromatic nitrogens is 4. The third kappa shape index (κ3) is 2.55. The van der Waals surface area contributed by atoms with Crippen LogP contribution in [-0.4, -0.2) is 14.6 Å². The Morgan fingerprint density at radius 2 is 1.68 bits per heavy atom. The van der Waals surface area contributed by atoms with Gasteiger partial charge in [0.05, 0.1) is 11.0 Å². The van der Waals surface area contributed by atoms with Crippen molar-refractivity contribution in [2.24, 2.45) is 0 Å². The molecule has 0 bridgehead atoms. The number of halogens is 1. The molecule has 1 aliphatic carbocycles. The average molecular weight is 390 g/mol. The maximum atomic E-state index is 6.10. The molecular weight excluding hydrogens is 368 g/mol. The minimum atomic E-state index is -0.245. The van der Waals surface area contributed by atoms with Gasteiger partial charge in [-0.15, -0.1) is 10.2 Å². The van der Waals surface area contributed by atoms with E-state index in [2.05, 4.69) is 88.0 Å². The molecule has 5 rings (SSSR count). The summed E-state index contributed by atoms with van der Waals surface area (Å²) in [6, 6.07) is 18.5. The Morgan fingerprint density at radius 1 is 0.964 bits per heavy atom. The Kier molecular flexibility index (Phi) is 3.81. The highest BCUT2D eigenvalue weighted by atomic mass is 35.5. The van der Waals surface area contributed by atoms with Crippen LogP contribution in [0.3, 0.4) is 0 Å². The van der Waals surface area contributed by atoms with Gasteiger partial charge >= 0.3 is 0 Å². The first kappa shape index (κ1) is 17.4. The van der Waals surface area contributed by atoms with Crippen molar-refractivity contribution in [1.82, 2.24) is 14.6 Å². The fourth-order valence-corrected chi connectivity index (χ4v) is 4.29. The van der Waals surface area contributed by atoms with Gasteiger partial charge in [-0.1, -0.05) is 29.8 Å². The normalized spacial score (nSPS) is 15.7. The molecule has 4 aromatic rings. The van der Waals surface area contributed by atoms with E-state index in [-0.39, 0.29) is 11.0 Å². The quantitative estimate of drug-likeness (QED) is 0.480. The fourth-order valence-electron chi connectivity index (χ4n) is 4.17. The Morgan fingerprint density at radius 3 is 2.36 bits per heavy atom. The van der Waals surface area contributed by atoms with E-state index in [0.29, 0.717) is 0 Å². The van der Waals surface area contributed by atoms with Crippen LogP contribution < -0.4 is 4.57 Å². The zero-order chi connectivity index (χ0) is 19.4. The summed E-state index contributed by atoms with van der Waals surface area (Å²) in [5.41, 5.74) is 3.02. The maximum Gasteiger partial charge on any atom is 0.191 e. The summed E-state index contributed by atoms with van der Waals surface area (Å²) in [5, 5.41) is 10.1. The minimum absolute atomic E-state index is 0.0628. The molecule has 0 radical (unpaired) electrons. The van der Waals surface area contributed by atoms with Crippen molar-refractivity contribution in [3.8, 4) is 0 Å². The molecule has 0 atom stereocenters. The van der Waals surface area contributed by atoms with Crippen LogP contribution in [0.25, 0.3) is 5.65 Å². The lowest BCUT2D eigenvalue weighted by Crippen LogP contribution is -2.52. The highest BCUT2D eigenvalue weighted by Crippen LogP contribution is 2.53. The van der Waals surface area contributed by atoms with Crippen molar-refractivity contribution in [2.45, 2.75) is 37.6 Å². The van der Waals surface area contributed by atoms with E-state index in [9.17, 15) is 0 Å². The molecule has 1 saturated carbocycles. The van der Waals surface area contributed by atoms with Crippen molar-refractivity contribution < 1.29 is 4.57 Å². The Bertz CT molecular complexity index is 1140. The maximum absolute atomic E-state index is 6.10. The molecule has 1 aromatic carbocycles. The predicted molar refractivity (Wildman–Crippen MR) is 110 cm³/mol. The SMILES string of the molecule is CC(C)(c1cccn2c(C3(c4ccc(Cl)cc4)CC3)nnc12)[n+]1ccccc1. The lowest BCUT2D eigenvalue weighted by molar-refractivity contribution is -0.747. The molecule has 1 fully saturated rings. The molecule has 5 heteroatoms. The molecule has 3 heterocycles. The summed E-state index contributed by atoms with van der Waals surface area (Å²) in [4.78, 5) is 0. The van der Waals surface area contributed by atoms with E-state index >= 15 is 0 Å². The van der Waals surface area contributed by atoms with Crippen LogP contribution in [0.5, 0.6) is 0 Å². The first-order chi connectivity index (χ1) is 13.5. The summed E-state index contributed by atoms with van der Waals surface area (Å²) in [6.07, 6.45) is 8.43. The summed E-state index contributed by atoms with van der Waals surface area (Å²) in [7, 11) is 0. The first-order valence-corrected chi connectivity index (χ1v) is 9.98. The van der Waals surface area contributed by atoms with Crippen molar-refractivity contribution >= 4 is 17.2 Å². The van der Waals surface area contributed by atoms with Gasteiger partial charge in [0.2, 0.25) is 0 Å². The van der Waals surface area contributed by atoms with Gasteiger partial charge in [-0.05, 0) is 42.7 Å². The average Bonchev–Trinajstić information content (AvgIpc) is 3.40. The van der Waals surface area contributed by atoms with Crippen LogP contribution in [0.15, 0.2) is 73.2 Å². The number of fused-ring (bicyclic) bond motifs is 1. The fraction of sp³-hybridized carbons (Fsp3) is 0.261. The van der Waals surface area contributed by atoms with Crippen molar-refractivity contribution in [3.05, 3.63) is 95.2 Å². The lowest BCUT2D eigenvalue weighted by Gasteiger charge is -2.20. The van der Waals surface area contributed by atoms with Gasteiger partial charge in [0.25, 0.3) is 0 Å². The molecular formula is C23H22ClN4+. The molecule has 140 valence electrons. The first-order valence-electron chi connectivity index (χ1n) is 9.60. The largest absolute Gasteiger partial charge is 0.285 e. The van der Waals surface area contributed by atoms with Gasteiger partial charge in [0, 0.05) is 37.2 Å². The van der Waals surface area contributed by atoms with Crippen LogP contribution in [-0.2, 0) is 11.0 Å². The second-order valence-corrected chi connectivity index (χ2v) is 8.51. The number of nitrogens with zero attached hydrogens (tertiary/aromatic N) is 4. The molecule has 0 amide bonds. The zero-order valence-corrected chi connectivity index (χ0v) is 16.8. The highest BCUT2D eigenvalue weighted by molar-refractivity contribution is 6.30. The van der Waals surface area contributed by atoms with Gasteiger partial charge < -0.3 is 0 Å². The van der Waals surface area contributed by atoms with E-state index in [1.54, 1.807) is 0 Å². The predicted octanol–water partition coefficient (Wildman–Crippen LogP) is 4.53. The Hall–Kier alpha value is -2.72. The van der Waals surface area contributed by atoms with Gasteiger partial charge in [0.15, 0.2) is 23.6 Å². The van der Waals surface area contributed by atoms with Crippen molar-refractivity contribution in [3.63, 3.8) is 0 Å². The molecule has 0 saturated heterocycles. The van der Waals surface area contributed by atoms with Crippen molar-refractivity contribution in [1.29, 1.82) is 0 Å². The lowest BCUT2D eigenvalue weighted by atomic mass is 9.93. The van der Waals surface area contributed by atoms with E-state index in [0.717, 1.165) is 34.9 Å². The molecule has 3 aromatic heterocycles. The molecule has 28 heavy (non-hydrogen) atoms. The second kappa shape index (κ2) is 6.14. The van der Waals surface area contributed by atoms with Crippen LogP contribution in [0.1, 0.15) is 43.6 Å². The summed E-state index contributed by atoms with van der Waals surface area (Å²) >= 11 is 6.10. The molecule has 1 aliphatic rings. The summed E-state index contributed by atoms with van der Waals surface area (Å²) in [5.74, 6) is 1.01. The summed E-state index contributed by atoms with van der Waals surface area (Å²) in [6.45, 7) is 4.42. The molecule has 4 nitrogen and oxygen atoms in total. The van der Waals surface area contributed by atoms with E-state index < -0.39 is 0 Å². The smallest absolute Gasteiger partial charge is 0.191 e. The van der Waals surface area contributed by atoms with Gasteiger partial charge in [-0.2, -0.15) is 4.57 Å². The van der Waals surface area contributed by atoms with E-state index in [4.69, 9.17) is 11.6 Å². The Labute approximate surface area is 169 Å². The number of hydrogen-bond donors (Lipinski definition) is 0. The topological polar surface area (TPSA) is 34.1 Å². The van der Waals surface area contributed by atoms with Crippen molar-refractivity contribution in [2.75, 3.05) is 0 Å².